The Balaban J connectivity index is 1.67. The zero-order chi connectivity index (χ0) is 20.2. The van der Waals surface area contributed by atoms with Gasteiger partial charge in [0.25, 0.3) is 0 Å². The van der Waals surface area contributed by atoms with Crippen LogP contribution in [0, 0.1) is 0 Å². The highest BCUT2D eigenvalue weighted by Crippen LogP contribution is 2.30. The van der Waals surface area contributed by atoms with Crippen molar-refractivity contribution in [1.29, 1.82) is 0 Å². The van der Waals surface area contributed by atoms with Gasteiger partial charge in [0.2, 0.25) is 0 Å². The molecule has 6 nitrogen and oxygen atoms in total. The van der Waals surface area contributed by atoms with E-state index in [1.165, 1.54) is 0 Å². The van der Waals surface area contributed by atoms with E-state index in [2.05, 4.69) is 4.98 Å². The van der Waals surface area contributed by atoms with Gasteiger partial charge in [-0.15, -0.1) is 0 Å². The molecule has 0 saturated carbocycles. The first kappa shape index (κ1) is 18.7. The van der Waals surface area contributed by atoms with Crippen LogP contribution in [-0.4, -0.2) is 16.1 Å². The van der Waals surface area contributed by atoms with Gasteiger partial charge in [0, 0.05) is 23.7 Å². The molecule has 0 aliphatic rings. The van der Waals surface area contributed by atoms with Crippen LogP contribution in [0.25, 0.3) is 22.2 Å². The molecule has 0 radical (unpaired) electrons. The molecule has 0 spiro atoms. The Labute approximate surface area is 167 Å². The number of hydrogen-bond donors (Lipinski definition) is 2. The largest absolute Gasteiger partial charge is 0.487 e. The number of rotatable bonds is 7. The van der Waals surface area contributed by atoms with E-state index in [0.29, 0.717) is 23.4 Å². The summed E-state index contributed by atoms with van der Waals surface area (Å²) in [7, 11) is 0. The lowest BCUT2D eigenvalue weighted by atomic mass is 10.0. The summed E-state index contributed by atoms with van der Waals surface area (Å²) in [5.74, 6) is -0.364. The molecule has 4 aromatic rings. The quantitative estimate of drug-likeness (QED) is 0.493. The lowest BCUT2D eigenvalue weighted by Gasteiger charge is -2.11. The Hall–Kier alpha value is -3.64. The zero-order valence-electron chi connectivity index (χ0n) is 15.7. The van der Waals surface area contributed by atoms with Crippen LogP contribution in [-0.2, 0) is 24.4 Å². The average Bonchev–Trinajstić information content (AvgIpc) is 3.21. The van der Waals surface area contributed by atoms with E-state index < -0.39 is 5.97 Å². The normalized spacial score (nSPS) is 10.9. The number of aliphatic carboxylic acids is 1. The maximum atomic E-state index is 11.1. The molecule has 146 valence electrons. The number of carboxylic acid groups (broad SMARTS) is 1. The van der Waals surface area contributed by atoms with Crippen molar-refractivity contribution in [3.05, 3.63) is 83.7 Å². The molecule has 0 amide bonds. The maximum Gasteiger partial charge on any atom is 0.307 e. The van der Waals surface area contributed by atoms with Crippen molar-refractivity contribution in [3.63, 3.8) is 0 Å². The van der Waals surface area contributed by atoms with Crippen LogP contribution in [0.5, 0.6) is 5.75 Å². The number of hydrogen-bond acceptors (Lipinski definition) is 5. The first-order chi connectivity index (χ1) is 14.1. The van der Waals surface area contributed by atoms with E-state index in [4.69, 9.17) is 20.0 Å². The van der Waals surface area contributed by atoms with Crippen molar-refractivity contribution in [1.82, 2.24) is 4.98 Å². The Morgan fingerprint density at radius 3 is 2.79 bits per heavy atom. The first-order valence-electron chi connectivity index (χ1n) is 9.23. The fourth-order valence-electron chi connectivity index (χ4n) is 3.27. The van der Waals surface area contributed by atoms with Crippen molar-refractivity contribution in [2.45, 2.75) is 19.6 Å². The van der Waals surface area contributed by atoms with E-state index >= 15 is 0 Å². The molecule has 0 bridgehead atoms. The van der Waals surface area contributed by atoms with E-state index in [-0.39, 0.29) is 13.0 Å². The second-order valence-corrected chi connectivity index (χ2v) is 6.67. The number of para-hydroxylation sites is 1. The number of pyridine rings is 1. The van der Waals surface area contributed by atoms with Crippen LogP contribution >= 0.6 is 0 Å². The number of benzene rings is 2. The second-order valence-electron chi connectivity index (χ2n) is 6.67. The lowest BCUT2D eigenvalue weighted by Crippen LogP contribution is -2.05. The van der Waals surface area contributed by atoms with Gasteiger partial charge >= 0.3 is 5.97 Å². The number of nitrogens with two attached hydrogens (primary N) is 1. The van der Waals surface area contributed by atoms with Crippen molar-refractivity contribution >= 4 is 17.1 Å². The van der Waals surface area contributed by atoms with Gasteiger partial charge in [-0.1, -0.05) is 36.4 Å². The monoisotopic (exact) mass is 388 g/mol. The Bertz CT molecular complexity index is 1170. The van der Waals surface area contributed by atoms with Gasteiger partial charge in [-0.05, 0) is 29.3 Å². The summed E-state index contributed by atoms with van der Waals surface area (Å²) in [6, 6.07) is 18.8. The number of fused-ring (bicyclic) bond motifs is 1. The SMILES string of the molecule is NCc1cccc(-c2cc(COc3ccccc3CC(=O)O)nc3ccoc23)c1. The fraction of sp³-hybridized carbons (Fsp3) is 0.130. The molecule has 2 aromatic heterocycles. The third-order valence-electron chi connectivity index (χ3n) is 4.63. The summed E-state index contributed by atoms with van der Waals surface area (Å²) in [6.45, 7) is 0.665. The van der Waals surface area contributed by atoms with Gasteiger partial charge < -0.3 is 20.0 Å². The highest BCUT2D eigenvalue weighted by atomic mass is 16.5. The van der Waals surface area contributed by atoms with Gasteiger partial charge in [-0.3, -0.25) is 4.79 Å². The van der Waals surface area contributed by atoms with Gasteiger partial charge in [-0.25, -0.2) is 4.98 Å². The molecule has 0 atom stereocenters. The number of carbonyl (C=O) groups is 1. The molecule has 29 heavy (non-hydrogen) atoms. The van der Waals surface area contributed by atoms with Gasteiger partial charge in [0.1, 0.15) is 17.9 Å². The molecular formula is C23H20N2O4. The summed E-state index contributed by atoms with van der Waals surface area (Å²) in [6.07, 6.45) is 1.52. The molecule has 0 unspecified atom stereocenters. The third-order valence-corrected chi connectivity index (χ3v) is 4.63. The molecule has 3 N–H and O–H groups in total. The van der Waals surface area contributed by atoms with E-state index in [9.17, 15) is 4.79 Å². The van der Waals surface area contributed by atoms with Crippen molar-refractivity contribution in [3.8, 4) is 16.9 Å². The topological polar surface area (TPSA) is 98.6 Å². The van der Waals surface area contributed by atoms with Crippen molar-refractivity contribution in [2.24, 2.45) is 5.73 Å². The van der Waals surface area contributed by atoms with Crippen LogP contribution in [0.4, 0.5) is 0 Å². The van der Waals surface area contributed by atoms with Gasteiger partial charge in [0.05, 0.1) is 18.4 Å². The molecule has 4 rings (SSSR count). The fourth-order valence-corrected chi connectivity index (χ4v) is 3.27. The molecule has 6 heteroatoms. The number of carboxylic acids is 1. The van der Waals surface area contributed by atoms with Crippen LogP contribution in [0.15, 0.2) is 71.3 Å². The lowest BCUT2D eigenvalue weighted by molar-refractivity contribution is -0.136. The molecule has 0 aliphatic heterocycles. The highest BCUT2D eigenvalue weighted by Gasteiger charge is 2.13. The number of aromatic nitrogens is 1. The predicted molar refractivity (Wildman–Crippen MR) is 109 cm³/mol. The summed E-state index contributed by atoms with van der Waals surface area (Å²) in [4.78, 5) is 15.7. The van der Waals surface area contributed by atoms with E-state index in [0.717, 1.165) is 27.9 Å². The van der Waals surface area contributed by atoms with Crippen molar-refractivity contribution in [2.75, 3.05) is 0 Å². The van der Waals surface area contributed by atoms with Gasteiger partial charge in [0.15, 0.2) is 5.58 Å². The van der Waals surface area contributed by atoms with Crippen LogP contribution in [0.1, 0.15) is 16.8 Å². The predicted octanol–water partition coefficient (Wildman–Crippen LogP) is 4.16. The Morgan fingerprint density at radius 2 is 1.97 bits per heavy atom. The Kier molecular flexibility index (Phi) is 5.27. The minimum absolute atomic E-state index is 0.0957. The van der Waals surface area contributed by atoms with E-state index in [1.54, 1.807) is 24.5 Å². The number of furan rings is 1. The third kappa shape index (κ3) is 4.12. The summed E-state index contributed by atoms with van der Waals surface area (Å²) in [5.41, 5.74) is 11.5. The van der Waals surface area contributed by atoms with Gasteiger partial charge in [-0.2, -0.15) is 0 Å². The molecule has 0 aliphatic carbocycles. The minimum Gasteiger partial charge on any atom is -0.487 e. The first-order valence-corrected chi connectivity index (χ1v) is 9.23. The molecule has 0 fully saturated rings. The molecular weight excluding hydrogens is 368 g/mol. The molecule has 0 saturated heterocycles. The zero-order valence-corrected chi connectivity index (χ0v) is 15.7. The average molecular weight is 388 g/mol. The second kappa shape index (κ2) is 8.16. The summed E-state index contributed by atoms with van der Waals surface area (Å²) >= 11 is 0. The number of ether oxygens (including phenoxy) is 1. The standard InChI is InChI=1S/C23H20N2O4/c24-13-15-4-3-6-16(10-15)19-12-18(25-20-8-9-28-23(19)20)14-29-21-7-2-1-5-17(21)11-22(26)27/h1-10,12H,11,13-14,24H2,(H,26,27). The minimum atomic E-state index is -0.902. The van der Waals surface area contributed by atoms with Crippen molar-refractivity contribution < 1.29 is 19.1 Å². The Morgan fingerprint density at radius 1 is 1.10 bits per heavy atom. The highest BCUT2D eigenvalue weighted by molar-refractivity contribution is 5.90. The van der Waals surface area contributed by atoms with E-state index in [1.807, 2.05) is 42.5 Å². The summed E-state index contributed by atoms with van der Waals surface area (Å²) < 4.78 is 11.6. The van der Waals surface area contributed by atoms with Crippen LogP contribution < -0.4 is 10.5 Å². The smallest absolute Gasteiger partial charge is 0.307 e. The maximum absolute atomic E-state index is 11.1. The molecule has 2 heterocycles. The van der Waals surface area contributed by atoms with Crippen LogP contribution in [0.3, 0.4) is 0 Å². The number of nitrogens with zero attached hydrogens (tertiary/aromatic N) is 1. The summed E-state index contributed by atoms with van der Waals surface area (Å²) in [5, 5.41) is 9.09. The molecule has 2 aromatic carbocycles. The van der Waals surface area contributed by atoms with Crippen LogP contribution in [0.2, 0.25) is 0 Å².